The smallest absolute Gasteiger partial charge is 0.269 e. The monoisotopic (exact) mass is 290 g/mol. The van der Waals surface area contributed by atoms with Crippen molar-refractivity contribution in [2.45, 2.75) is 25.3 Å². The van der Waals surface area contributed by atoms with Gasteiger partial charge in [-0.3, -0.25) is 14.9 Å². The highest BCUT2D eigenvalue weighted by molar-refractivity contribution is 5.94. The van der Waals surface area contributed by atoms with Crippen LogP contribution < -0.4 is 5.32 Å². The first kappa shape index (κ1) is 15.4. The van der Waals surface area contributed by atoms with Crippen molar-refractivity contribution in [1.82, 2.24) is 10.2 Å². The Morgan fingerprint density at radius 1 is 1.33 bits per heavy atom. The van der Waals surface area contributed by atoms with Gasteiger partial charge in [0, 0.05) is 36.8 Å². The van der Waals surface area contributed by atoms with Crippen molar-refractivity contribution in [1.29, 1.82) is 0 Å². The second kappa shape index (κ2) is 7.17. The van der Waals surface area contributed by atoms with Crippen LogP contribution in [-0.2, 0) is 0 Å². The van der Waals surface area contributed by atoms with Crippen LogP contribution in [-0.4, -0.2) is 41.4 Å². The third-order valence-corrected chi connectivity index (χ3v) is 3.74. The fourth-order valence-corrected chi connectivity index (χ4v) is 2.53. The maximum atomic E-state index is 12.1. The van der Waals surface area contributed by atoms with Gasteiger partial charge in [-0.05, 0) is 37.9 Å². The number of amides is 1. The Hall–Kier alpha value is -1.95. The van der Waals surface area contributed by atoms with Gasteiger partial charge in [0.25, 0.3) is 11.6 Å². The van der Waals surface area contributed by atoms with Gasteiger partial charge in [-0.25, -0.2) is 0 Å². The molecule has 0 aromatic heterocycles. The molecule has 1 saturated heterocycles. The predicted molar refractivity (Wildman–Crippen MR) is 80.0 cm³/mol. The highest BCUT2D eigenvalue weighted by Gasteiger charge is 2.20. The molecule has 6 nitrogen and oxygen atoms in total. The van der Waals surface area contributed by atoms with E-state index in [0.29, 0.717) is 5.56 Å². The minimum atomic E-state index is -0.472. The quantitative estimate of drug-likeness (QED) is 0.665. The van der Waals surface area contributed by atoms with Gasteiger partial charge in [0.1, 0.15) is 0 Å². The van der Waals surface area contributed by atoms with Gasteiger partial charge in [0.05, 0.1) is 4.92 Å². The molecule has 113 valence electrons. The highest BCUT2D eigenvalue weighted by atomic mass is 16.6. The molecule has 21 heavy (non-hydrogen) atoms. The van der Waals surface area contributed by atoms with E-state index in [4.69, 9.17) is 0 Å². The first-order chi connectivity index (χ1) is 10.1. The molecule has 1 aromatic carbocycles. The summed E-state index contributed by atoms with van der Waals surface area (Å²) in [6, 6.07) is 5.86. The third kappa shape index (κ3) is 4.26. The third-order valence-electron chi connectivity index (χ3n) is 3.74. The summed E-state index contributed by atoms with van der Waals surface area (Å²) in [6.07, 6.45) is 2.76. The van der Waals surface area contributed by atoms with Crippen LogP contribution in [0.3, 0.4) is 0 Å². The molecule has 1 aliphatic heterocycles. The summed E-state index contributed by atoms with van der Waals surface area (Å²) >= 11 is 0. The van der Waals surface area contributed by atoms with Gasteiger partial charge >= 0.3 is 0 Å². The second-order valence-electron chi connectivity index (χ2n) is 5.25. The first-order valence-corrected chi connectivity index (χ1v) is 7.17. The average Bonchev–Trinajstić information content (AvgIpc) is 2.49. The lowest BCUT2D eigenvalue weighted by atomic mass is 10.0. The van der Waals surface area contributed by atoms with E-state index in [-0.39, 0.29) is 17.6 Å². The standard InChI is InChI=1S/C15H20N3O3/c1-2-9-17-10-7-13(8-11-17)16-15(19)12-3-5-14(6-4-12)18(20)21/h3-6,13H,1-2,7-11H2,(H,16,19). The minimum absolute atomic E-state index is 0.00645. The number of nitro benzene ring substituents is 1. The molecule has 1 N–H and O–H groups in total. The summed E-state index contributed by atoms with van der Waals surface area (Å²) in [5.74, 6) is -0.166. The number of hydrogen-bond acceptors (Lipinski definition) is 4. The number of nitrogens with zero attached hydrogens (tertiary/aromatic N) is 2. The van der Waals surface area contributed by atoms with Crippen LogP contribution >= 0.6 is 0 Å². The lowest BCUT2D eigenvalue weighted by Gasteiger charge is -2.32. The summed E-state index contributed by atoms with van der Waals surface area (Å²) in [4.78, 5) is 24.6. The molecule has 0 saturated carbocycles. The number of hydrogen-bond donors (Lipinski definition) is 1. The molecular weight excluding hydrogens is 270 g/mol. The van der Waals surface area contributed by atoms with Crippen LogP contribution in [0.2, 0.25) is 0 Å². The summed E-state index contributed by atoms with van der Waals surface area (Å²) in [5.41, 5.74) is 0.453. The van der Waals surface area contributed by atoms with Gasteiger partial charge in [-0.2, -0.15) is 0 Å². The molecule has 1 radical (unpaired) electrons. The Bertz CT molecular complexity index is 493. The molecule has 0 unspecified atom stereocenters. The zero-order valence-electron chi connectivity index (χ0n) is 12.0. The van der Waals surface area contributed by atoms with E-state index in [0.717, 1.165) is 38.9 Å². The lowest BCUT2D eigenvalue weighted by Crippen LogP contribution is -2.44. The van der Waals surface area contributed by atoms with Crippen molar-refractivity contribution >= 4 is 11.6 Å². The number of nitrogens with one attached hydrogen (secondary N) is 1. The van der Waals surface area contributed by atoms with Crippen LogP contribution in [0.5, 0.6) is 0 Å². The fourth-order valence-electron chi connectivity index (χ4n) is 2.53. The number of benzene rings is 1. The van der Waals surface area contributed by atoms with Crippen LogP contribution in [0.25, 0.3) is 0 Å². The van der Waals surface area contributed by atoms with Crippen molar-refractivity contribution in [3.63, 3.8) is 0 Å². The number of rotatable bonds is 5. The van der Waals surface area contributed by atoms with Crippen LogP contribution in [0.15, 0.2) is 24.3 Å². The predicted octanol–water partition coefficient (Wildman–Crippen LogP) is 2.01. The van der Waals surface area contributed by atoms with E-state index >= 15 is 0 Å². The molecule has 1 fully saturated rings. The molecule has 0 aliphatic carbocycles. The fraction of sp³-hybridized carbons (Fsp3) is 0.467. The summed E-state index contributed by atoms with van der Waals surface area (Å²) in [6.45, 7) is 6.80. The summed E-state index contributed by atoms with van der Waals surface area (Å²) < 4.78 is 0. The molecule has 6 heteroatoms. The molecule has 1 aliphatic rings. The van der Waals surface area contributed by atoms with Gasteiger partial charge in [0.2, 0.25) is 0 Å². The normalized spacial score (nSPS) is 16.6. The lowest BCUT2D eigenvalue weighted by molar-refractivity contribution is -0.384. The first-order valence-electron chi connectivity index (χ1n) is 7.17. The largest absolute Gasteiger partial charge is 0.349 e. The molecule has 0 bridgehead atoms. The maximum absolute atomic E-state index is 12.1. The van der Waals surface area contributed by atoms with E-state index < -0.39 is 4.92 Å². The van der Waals surface area contributed by atoms with Crippen molar-refractivity contribution in [2.75, 3.05) is 19.6 Å². The molecule has 0 spiro atoms. The van der Waals surface area contributed by atoms with Crippen LogP contribution in [0.4, 0.5) is 5.69 Å². The maximum Gasteiger partial charge on any atom is 0.269 e. The SMILES string of the molecule is [CH2]CCN1CCC(NC(=O)c2ccc([N+](=O)[O-])cc2)CC1. The molecular formula is C15H20N3O3. The Balaban J connectivity index is 1.86. The summed E-state index contributed by atoms with van der Waals surface area (Å²) in [5, 5.41) is 13.6. The van der Waals surface area contributed by atoms with Gasteiger partial charge in [-0.15, -0.1) is 0 Å². The molecule has 0 atom stereocenters. The highest BCUT2D eigenvalue weighted by Crippen LogP contribution is 2.14. The van der Waals surface area contributed by atoms with Crippen LogP contribution in [0, 0.1) is 17.0 Å². The van der Waals surface area contributed by atoms with Gasteiger partial charge in [-0.1, -0.05) is 6.92 Å². The Morgan fingerprint density at radius 2 is 1.95 bits per heavy atom. The number of carbonyl (C=O) groups excluding carboxylic acids is 1. The van der Waals surface area contributed by atoms with Crippen LogP contribution in [0.1, 0.15) is 29.6 Å². The van der Waals surface area contributed by atoms with Crippen molar-refractivity contribution in [3.8, 4) is 0 Å². The Kier molecular flexibility index (Phi) is 5.27. The number of nitro groups is 1. The van der Waals surface area contributed by atoms with Gasteiger partial charge in [0.15, 0.2) is 0 Å². The molecule has 1 heterocycles. The zero-order chi connectivity index (χ0) is 15.2. The Morgan fingerprint density at radius 3 is 2.48 bits per heavy atom. The van der Waals surface area contributed by atoms with E-state index in [2.05, 4.69) is 17.1 Å². The van der Waals surface area contributed by atoms with E-state index in [1.807, 2.05) is 0 Å². The number of piperidine rings is 1. The van der Waals surface area contributed by atoms with Crippen molar-refractivity contribution in [3.05, 3.63) is 46.9 Å². The Labute approximate surface area is 124 Å². The summed E-state index contributed by atoms with van der Waals surface area (Å²) in [7, 11) is 0. The second-order valence-corrected chi connectivity index (χ2v) is 5.25. The number of carbonyl (C=O) groups is 1. The van der Waals surface area contributed by atoms with Crippen molar-refractivity contribution in [2.24, 2.45) is 0 Å². The van der Waals surface area contributed by atoms with E-state index in [1.165, 1.54) is 24.3 Å². The molecule has 2 rings (SSSR count). The van der Waals surface area contributed by atoms with E-state index in [1.54, 1.807) is 0 Å². The minimum Gasteiger partial charge on any atom is -0.349 e. The van der Waals surface area contributed by atoms with E-state index in [9.17, 15) is 14.9 Å². The molecule has 1 amide bonds. The zero-order valence-corrected chi connectivity index (χ0v) is 12.0. The average molecular weight is 290 g/mol. The number of non-ortho nitro benzene ring substituents is 1. The van der Waals surface area contributed by atoms with Gasteiger partial charge < -0.3 is 10.2 Å². The topological polar surface area (TPSA) is 75.5 Å². The van der Waals surface area contributed by atoms with Crippen molar-refractivity contribution < 1.29 is 9.72 Å². The molecule has 1 aromatic rings. The number of likely N-dealkylation sites (tertiary alicyclic amines) is 1.